The van der Waals surface area contributed by atoms with Crippen molar-refractivity contribution in [3.05, 3.63) is 64.0 Å². The number of aliphatic hydroxyl groups excluding tert-OH is 1. The van der Waals surface area contributed by atoms with Crippen LogP contribution in [-0.4, -0.2) is 36.3 Å². The smallest absolute Gasteiger partial charge is 0.255 e. The Morgan fingerprint density at radius 1 is 1.21 bits per heavy atom. The largest absolute Gasteiger partial charge is 0.497 e. The van der Waals surface area contributed by atoms with Gasteiger partial charge in [-0.1, -0.05) is 12.1 Å². The Morgan fingerprint density at radius 2 is 2.00 bits per heavy atom. The highest BCUT2D eigenvalue weighted by molar-refractivity contribution is 7.09. The predicted octanol–water partition coefficient (Wildman–Crippen LogP) is 3.46. The number of hydrogen-bond donors (Lipinski definition) is 3. The number of aryl methyl sites for hydroxylation is 1. The molecular weight excluding hydrogens is 374 g/mol. The van der Waals surface area contributed by atoms with Gasteiger partial charge in [0.1, 0.15) is 5.75 Å². The summed E-state index contributed by atoms with van der Waals surface area (Å²) in [5, 5.41) is 18.0. The summed E-state index contributed by atoms with van der Waals surface area (Å²) in [6, 6.07) is 13.0. The van der Waals surface area contributed by atoms with Gasteiger partial charge in [-0.3, -0.25) is 4.79 Å². The third kappa shape index (κ3) is 4.95. The molecule has 0 unspecified atom stereocenters. The van der Waals surface area contributed by atoms with E-state index in [1.165, 1.54) is 0 Å². The molecule has 3 aromatic rings. The summed E-state index contributed by atoms with van der Waals surface area (Å²) in [5.41, 5.74) is 4.03. The second kappa shape index (κ2) is 9.45. The van der Waals surface area contributed by atoms with E-state index < -0.39 is 0 Å². The number of methoxy groups -OCH3 is 1. The van der Waals surface area contributed by atoms with Crippen LogP contribution in [0.4, 0.5) is 5.69 Å². The van der Waals surface area contributed by atoms with Crippen LogP contribution in [0.25, 0.3) is 11.3 Å². The Balaban J connectivity index is 1.74. The summed E-state index contributed by atoms with van der Waals surface area (Å²) in [7, 11) is 1.59. The van der Waals surface area contributed by atoms with Gasteiger partial charge in [-0.05, 0) is 42.8 Å². The van der Waals surface area contributed by atoms with Crippen LogP contribution in [0.3, 0.4) is 0 Å². The number of benzene rings is 2. The predicted molar refractivity (Wildman–Crippen MR) is 112 cm³/mol. The SMILES string of the molecule is COc1ccc(C(=O)Nc2ccc(-c3csc(C)n3)cc2)c(CNCCO)c1. The van der Waals surface area contributed by atoms with Crippen molar-refractivity contribution in [2.45, 2.75) is 13.5 Å². The number of carbonyl (C=O) groups excluding carboxylic acids is 1. The van der Waals surface area contributed by atoms with Crippen LogP contribution in [0, 0.1) is 6.92 Å². The number of aliphatic hydroxyl groups is 1. The minimum Gasteiger partial charge on any atom is -0.497 e. The minimum atomic E-state index is -0.194. The maximum Gasteiger partial charge on any atom is 0.255 e. The van der Waals surface area contributed by atoms with Crippen molar-refractivity contribution in [3.63, 3.8) is 0 Å². The van der Waals surface area contributed by atoms with Crippen molar-refractivity contribution in [1.29, 1.82) is 0 Å². The van der Waals surface area contributed by atoms with Gasteiger partial charge in [0.2, 0.25) is 0 Å². The standard InChI is InChI=1S/C21H23N3O3S/c1-14-23-20(13-28-14)15-3-5-17(6-4-15)24-21(26)19-8-7-18(27-2)11-16(19)12-22-9-10-25/h3-8,11,13,22,25H,9-10,12H2,1-2H3,(H,24,26). The average molecular weight is 398 g/mol. The van der Waals surface area contributed by atoms with E-state index in [1.54, 1.807) is 30.6 Å². The molecule has 0 aliphatic rings. The average Bonchev–Trinajstić information content (AvgIpc) is 3.15. The van der Waals surface area contributed by atoms with Crippen LogP contribution < -0.4 is 15.4 Å². The first kappa shape index (κ1) is 20.0. The number of aromatic nitrogens is 1. The third-order valence-corrected chi connectivity index (χ3v) is 4.99. The number of hydrogen-bond acceptors (Lipinski definition) is 6. The van der Waals surface area contributed by atoms with Crippen LogP contribution in [0.1, 0.15) is 20.9 Å². The number of anilines is 1. The van der Waals surface area contributed by atoms with Crippen molar-refractivity contribution >= 4 is 22.9 Å². The molecule has 1 heterocycles. The number of carbonyl (C=O) groups is 1. The van der Waals surface area contributed by atoms with Crippen molar-refractivity contribution in [2.24, 2.45) is 0 Å². The number of nitrogens with one attached hydrogen (secondary N) is 2. The van der Waals surface area contributed by atoms with Crippen LogP contribution in [0.5, 0.6) is 5.75 Å². The highest BCUT2D eigenvalue weighted by atomic mass is 32.1. The van der Waals surface area contributed by atoms with E-state index >= 15 is 0 Å². The lowest BCUT2D eigenvalue weighted by molar-refractivity contribution is 0.102. The molecule has 0 bridgehead atoms. The molecular formula is C21H23N3O3S. The van der Waals surface area contributed by atoms with E-state index in [0.29, 0.717) is 30.1 Å². The Kier molecular flexibility index (Phi) is 6.76. The second-order valence-corrected chi connectivity index (χ2v) is 7.27. The number of nitrogens with zero attached hydrogens (tertiary/aromatic N) is 1. The summed E-state index contributed by atoms with van der Waals surface area (Å²) < 4.78 is 5.26. The van der Waals surface area contributed by atoms with Gasteiger partial charge in [0.25, 0.3) is 5.91 Å². The van der Waals surface area contributed by atoms with Gasteiger partial charge >= 0.3 is 0 Å². The molecule has 0 saturated heterocycles. The van der Waals surface area contributed by atoms with Crippen molar-refractivity contribution in [3.8, 4) is 17.0 Å². The summed E-state index contributed by atoms with van der Waals surface area (Å²) in [4.78, 5) is 17.3. The van der Waals surface area contributed by atoms with Gasteiger partial charge in [-0.2, -0.15) is 0 Å². The highest BCUT2D eigenvalue weighted by Crippen LogP contribution is 2.24. The quantitative estimate of drug-likeness (QED) is 0.507. The third-order valence-electron chi connectivity index (χ3n) is 4.22. The zero-order chi connectivity index (χ0) is 19.9. The zero-order valence-corrected chi connectivity index (χ0v) is 16.7. The Hall–Kier alpha value is -2.74. The molecule has 0 fully saturated rings. The van der Waals surface area contributed by atoms with Crippen molar-refractivity contribution < 1.29 is 14.6 Å². The van der Waals surface area contributed by atoms with Crippen LogP contribution in [0.2, 0.25) is 0 Å². The molecule has 7 heteroatoms. The molecule has 146 valence electrons. The molecule has 1 aromatic heterocycles. The number of amides is 1. The van der Waals surface area contributed by atoms with Crippen LogP contribution >= 0.6 is 11.3 Å². The van der Waals surface area contributed by atoms with E-state index in [0.717, 1.165) is 21.8 Å². The topological polar surface area (TPSA) is 83.5 Å². The first-order chi connectivity index (χ1) is 13.6. The second-order valence-electron chi connectivity index (χ2n) is 6.21. The molecule has 3 N–H and O–H groups in total. The fraction of sp³-hybridized carbons (Fsp3) is 0.238. The van der Waals surface area contributed by atoms with Crippen molar-refractivity contribution in [2.75, 3.05) is 25.6 Å². The van der Waals surface area contributed by atoms with Gasteiger partial charge in [0, 0.05) is 35.3 Å². The molecule has 0 radical (unpaired) electrons. The first-order valence-electron chi connectivity index (χ1n) is 8.93. The molecule has 0 aliphatic heterocycles. The summed E-state index contributed by atoms with van der Waals surface area (Å²) in [5.74, 6) is 0.487. The highest BCUT2D eigenvalue weighted by Gasteiger charge is 2.13. The molecule has 2 aromatic carbocycles. The van der Waals surface area contributed by atoms with Crippen LogP contribution in [0.15, 0.2) is 47.8 Å². The summed E-state index contributed by atoms with van der Waals surface area (Å²) in [6.07, 6.45) is 0. The monoisotopic (exact) mass is 397 g/mol. The van der Waals surface area contributed by atoms with Gasteiger partial charge in [0.05, 0.1) is 24.4 Å². The fourth-order valence-corrected chi connectivity index (χ4v) is 3.41. The lowest BCUT2D eigenvalue weighted by atomic mass is 10.1. The number of ether oxygens (including phenoxy) is 1. The Bertz CT molecular complexity index is 938. The van der Waals surface area contributed by atoms with Crippen molar-refractivity contribution in [1.82, 2.24) is 10.3 Å². The molecule has 1 amide bonds. The normalized spacial score (nSPS) is 10.7. The van der Waals surface area contributed by atoms with E-state index in [4.69, 9.17) is 9.84 Å². The lowest BCUT2D eigenvalue weighted by Gasteiger charge is -2.13. The minimum absolute atomic E-state index is 0.0381. The fourth-order valence-electron chi connectivity index (χ4n) is 2.79. The maximum absolute atomic E-state index is 12.8. The Morgan fingerprint density at radius 3 is 2.64 bits per heavy atom. The van der Waals surface area contributed by atoms with Gasteiger partial charge in [-0.15, -0.1) is 11.3 Å². The zero-order valence-electron chi connectivity index (χ0n) is 15.9. The lowest BCUT2D eigenvalue weighted by Crippen LogP contribution is -2.21. The molecule has 0 saturated carbocycles. The number of thiazole rings is 1. The molecule has 0 spiro atoms. The maximum atomic E-state index is 12.8. The molecule has 3 rings (SSSR count). The Labute approximate surface area is 168 Å². The summed E-state index contributed by atoms with van der Waals surface area (Å²) in [6.45, 7) is 2.93. The number of rotatable bonds is 8. The molecule has 0 aliphatic carbocycles. The van der Waals surface area contributed by atoms with E-state index in [2.05, 4.69) is 15.6 Å². The van der Waals surface area contributed by atoms with E-state index in [1.807, 2.05) is 42.6 Å². The molecule has 28 heavy (non-hydrogen) atoms. The van der Waals surface area contributed by atoms with E-state index in [-0.39, 0.29) is 12.5 Å². The van der Waals surface area contributed by atoms with Gasteiger partial charge < -0.3 is 20.5 Å². The van der Waals surface area contributed by atoms with E-state index in [9.17, 15) is 4.79 Å². The first-order valence-corrected chi connectivity index (χ1v) is 9.81. The van der Waals surface area contributed by atoms with Gasteiger partial charge in [0.15, 0.2) is 0 Å². The summed E-state index contributed by atoms with van der Waals surface area (Å²) >= 11 is 1.61. The molecule has 6 nitrogen and oxygen atoms in total. The van der Waals surface area contributed by atoms with Gasteiger partial charge in [-0.25, -0.2) is 4.98 Å². The molecule has 0 atom stereocenters. The van der Waals surface area contributed by atoms with Crippen LogP contribution in [-0.2, 0) is 6.54 Å².